The van der Waals surface area contributed by atoms with Gasteiger partial charge in [-0.2, -0.15) is 0 Å². The predicted molar refractivity (Wildman–Crippen MR) is 56.0 cm³/mol. The summed E-state index contributed by atoms with van der Waals surface area (Å²) in [4.78, 5) is 4.22. The summed E-state index contributed by atoms with van der Waals surface area (Å²) < 4.78 is 4.73. The van der Waals surface area contributed by atoms with Crippen molar-refractivity contribution in [3.63, 3.8) is 0 Å². The van der Waals surface area contributed by atoms with Crippen LogP contribution in [-0.4, -0.2) is 10.1 Å². The first-order valence-corrected chi connectivity index (χ1v) is 4.85. The van der Waals surface area contributed by atoms with Crippen molar-refractivity contribution in [3.8, 4) is 0 Å². The Bertz CT molecular complexity index is 394. The number of nitrogens with one attached hydrogen (secondary N) is 1. The molecule has 0 aliphatic rings. The van der Waals surface area contributed by atoms with Gasteiger partial charge in [-0.25, -0.2) is 0 Å². The third-order valence-electron chi connectivity index (χ3n) is 2.11. The number of aryl methyl sites for hydroxylation is 1. The fraction of sp³-hybridized carbons (Fsp3) is 0.273. The zero-order valence-electron chi connectivity index (χ0n) is 8.60. The van der Waals surface area contributed by atoms with Crippen molar-refractivity contribution in [2.24, 2.45) is 0 Å². The third-order valence-corrected chi connectivity index (χ3v) is 2.11. The molecule has 0 amide bonds. The summed E-state index contributed by atoms with van der Waals surface area (Å²) in [5.41, 5.74) is 3.27. The van der Waals surface area contributed by atoms with Gasteiger partial charge < -0.3 is 9.84 Å². The second kappa shape index (κ2) is 4.70. The van der Waals surface area contributed by atoms with Gasteiger partial charge in [0.05, 0.1) is 6.20 Å². The summed E-state index contributed by atoms with van der Waals surface area (Å²) in [7, 11) is 0. The summed E-state index contributed by atoms with van der Waals surface area (Å²) in [6.07, 6.45) is 5.23. The average Bonchev–Trinajstić information content (AvgIpc) is 2.74. The van der Waals surface area contributed by atoms with Crippen molar-refractivity contribution in [3.05, 3.63) is 47.6 Å². The van der Waals surface area contributed by atoms with Crippen LogP contribution in [0.5, 0.6) is 0 Å². The van der Waals surface area contributed by atoms with E-state index in [-0.39, 0.29) is 0 Å². The topological polar surface area (TPSA) is 51.0 Å². The van der Waals surface area contributed by atoms with E-state index in [0.717, 1.165) is 24.3 Å². The molecule has 0 unspecified atom stereocenters. The lowest BCUT2D eigenvalue weighted by molar-refractivity contribution is 0.418. The third kappa shape index (κ3) is 2.89. The van der Waals surface area contributed by atoms with Crippen molar-refractivity contribution in [2.45, 2.75) is 20.0 Å². The Labute approximate surface area is 88.3 Å². The van der Waals surface area contributed by atoms with Gasteiger partial charge in [0.1, 0.15) is 6.26 Å². The van der Waals surface area contributed by atoms with Gasteiger partial charge >= 0.3 is 0 Å². The molecule has 4 heteroatoms. The molecule has 0 aromatic carbocycles. The van der Waals surface area contributed by atoms with Gasteiger partial charge in [0.2, 0.25) is 0 Å². The molecule has 0 radical (unpaired) electrons. The number of hydrogen-bond acceptors (Lipinski definition) is 4. The quantitative estimate of drug-likeness (QED) is 0.821. The summed E-state index contributed by atoms with van der Waals surface area (Å²) in [5.74, 6) is 0. The Balaban J connectivity index is 1.81. The predicted octanol–water partition coefficient (Wildman–Crippen LogP) is 1.67. The van der Waals surface area contributed by atoms with Crippen LogP contribution in [0, 0.1) is 6.92 Å². The van der Waals surface area contributed by atoms with E-state index in [9.17, 15) is 0 Å². The molecule has 2 heterocycles. The first kappa shape index (κ1) is 9.86. The molecule has 0 aliphatic carbocycles. The molecule has 2 aromatic heterocycles. The van der Waals surface area contributed by atoms with Crippen LogP contribution in [0.3, 0.4) is 0 Å². The fourth-order valence-corrected chi connectivity index (χ4v) is 1.27. The zero-order valence-corrected chi connectivity index (χ0v) is 8.60. The SMILES string of the molecule is Cc1ccc(CNCc2cnoc2)cn1. The molecule has 1 N–H and O–H groups in total. The molecule has 2 rings (SSSR count). The molecule has 78 valence electrons. The summed E-state index contributed by atoms with van der Waals surface area (Å²) >= 11 is 0. The Morgan fingerprint density at radius 3 is 2.73 bits per heavy atom. The maximum atomic E-state index is 4.73. The van der Waals surface area contributed by atoms with E-state index >= 15 is 0 Å². The van der Waals surface area contributed by atoms with Crippen LogP contribution in [0.15, 0.2) is 35.3 Å². The molecule has 15 heavy (non-hydrogen) atoms. The minimum Gasteiger partial charge on any atom is -0.364 e. The molecule has 0 bridgehead atoms. The highest BCUT2D eigenvalue weighted by molar-refractivity contribution is 5.13. The lowest BCUT2D eigenvalue weighted by Crippen LogP contribution is -2.12. The van der Waals surface area contributed by atoms with Gasteiger partial charge in [-0.1, -0.05) is 11.2 Å². The van der Waals surface area contributed by atoms with Gasteiger partial charge in [-0.3, -0.25) is 4.98 Å². The van der Waals surface area contributed by atoms with E-state index < -0.39 is 0 Å². The van der Waals surface area contributed by atoms with Crippen LogP contribution in [0.25, 0.3) is 0 Å². The van der Waals surface area contributed by atoms with Crippen molar-refractivity contribution < 1.29 is 4.52 Å². The smallest absolute Gasteiger partial charge is 0.128 e. The van der Waals surface area contributed by atoms with E-state index in [0.29, 0.717) is 0 Å². The number of hydrogen-bond donors (Lipinski definition) is 1. The zero-order chi connectivity index (χ0) is 10.5. The summed E-state index contributed by atoms with van der Waals surface area (Å²) in [5, 5.41) is 6.92. The van der Waals surface area contributed by atoms with Gasteiger partial charge in [-0.15, -0.1) is 0 Å². The van der Waals surface area contributed by atoms with Crippen molar-refractivity contribution in [1.29, 1.82) is 0 Å². The van der Waals surface area contributed by atoms with Crippen LogP contribution in [0.2, 0.25) is 0 Å². The molecular weight excluding hydrogens is 190 g/mol. The molecular formula is C11H13N3O. The number of rotatable bonds is 4. The first-order chi connectivity index (χ1) is 7.34. The molecule has 0 saturated heterocycles. The molecule has 0 aliphatic heterocycles. The number of nitrogens with zero attached hydrogens (tertiary/aromatic N) is 2. The fourth-order valence-electron chi connectivity index (χ4n) is 1.27. The van der Waals surface area contributed by atoms with Gasteiger partial charge in [0.15, 0.2) is 0 Å². The molecule has 0 spiro atoms. The number of pyridine rings is 1. The van der Waals surface area contributed by atoms with Gasteiger partial charge in [-0.05, 0) is 18.6 Å². The van der Waals surface area contributed by atoms with Crippen molar-refractivity contribution in [2.75, 3.05) is 0 Å². The summed E-state index contributed by atoms with van der Waals surface area (Å²) in [6.45, 7) is 3.55. The largest absolute Gasteiger partial charge is 0.364 e. The van der Waals surface area contributed by atoms with Crippen LogP contribution >= 0.6 is 0 Å². The highest BCUT2D eigenvalue weighted by Gasteiger charge is 1.96. The minimum atomic E-state index is 0.761. The molecule has 4 nitrogen and oxygen atoms in total. The summed E-state index contributed by atoms with van der Waals surface area (Å²) in [6, 6.07) is 4.08. The molecule has 0 atom stereocenters. The average molecular weight is 203 g/mol. The second-order valence-electron chi connectivity index (χ2n) is 3.44. The van der Waals surface area contributed by atoms with Crippen LogP contribution in [-0.2, 0) is 13.1 Å². The lowest BCUT2D eigenvalue weighted by Gasteiger charge is -2.02. The Kier molecular flexibility index (Phi) is 3.09. The van der Waals surface area contributed by atoms with Crippen molar-refractivity contribution >= 4 is 0 Å². The van der Waals surface area contributed by atoms with Crippen molar-refractivity contribution in [1.82, 2.24) is 15.5 Å². The monoisotopic (exact) mass is 203 g/mol. The maximum absolute atomic E-state index is 4.73. The highest BCUT2D eigenvalue weighted by atomic mass is 16.5. The van der Waals surface area contributed by atoms with Gasteiger partial charge in [0, 0.05) is 30.5 Å². The Morgan fingerprint density at radius 1 is 1.20 bits per heavy atom. The van der Waals surface area contributed by atoms with E-state index in [1.165, 1.54) is 5.56 Å². The van der Waals surface area contributed by atoms with E-state index in [1.54, 1.807) is 12.5 Å². The standard InChI is InChI=1S/C11H13N3O/c1-9-2-3-10(6-13-9)4-12-5-11-7-14-15-8-11/h2-3,6-8,12H,4-5H2,1H3. The van der Waals surface area contributed by atoms with Gasteiger partial charge in [0.25, 0.3) is 0 Å². The maximum Gasteiger partial charge on any atom is 0.128 e. The molecule has 0 saturated carbocycles. The van der Waals surface area contributed by atoms with E-state index in [2.05, 4.69) is 21.5 Å². The van der Waals surface area contributed by atoms with Crippen LogP contribution in [0.1, 0.15) is 16.8 Å². The first-order valence-electron chi connectivity index (χ1n) is 4.85. The number of aromatic nitrogens is 2. The Morgan fingerprint density at radius 2 is 2.07 bits per heavy atom. The molecule has 2 aromatic rings. The van der Waals surface area contributed by atoms with E-state index in [4.69, 9.17) is 4.52 Å². The normalized spacial score (nSPS) is 10.5. The second-order valence-corrected chi connectivity index (χ2v) is 3.44. The lowest BCUT2D eigenvalue weighted by atomic mass is 10.2. The minimum absolute atomic E-state index is 0.761. The highest BCUT2D eigenvalue weighted by Crippen LogP contribution is 2.00. The van der Waals surface area contributed by atoms with Crippen LogP contribution in [0.4, 0.5) is 0 Å². The molecule has 0 fully saturated rings. The van der Waals surface area contributed by atoms with Crippen LogP contribution < -0.4 is 5.32 Å². The van der Waals surface area contributed by atoms with E-state index in [1.807, 2.05) is 19.2 Å². The Hall–Kier alpha value is -1.68.